The smallest absolute Gasteiger partial charge is 0.167 e. The van der Waals surface area contributed by atoms with Crippen LogP contribution in [0.1, 0.15) is 0 Å². The number of benzene rings is 9. The third kappa shape index (κ3) is 5.74. The van der Waals surface area contributed by atoms with Gasteiger partial charge in [0.2, 0.25) is 0 Å². The van der Waals surface area contributed by atoms with Crippen LogP contribution in [0, 0.1) is 0 Å². The molecule has 0 amide bonds. The lowest BCUT2D eigenvalue weighted by molar-refractivity contribution is 0.670. The van der Waals surface area contributed by atoms with Gasteiger partial charge in [0.05, 0.1) is 5.56 Å². The molecule has 0 saturated carbocycles. The third-order valence-electron chi connectivity index (χ3n) is 10.9. The van der Waals surface area contributed by atoms with Gasteiger partial charge in [0.15, 0.2) is 17.5 Å². The summed E-state index contributed by atoms with van der Waals surface area (Å²) in [6, 6.07) is 69.9. The van der Waals surface area contributed by atoms with Crippen molar-refractivity contribution in [1.82, 2.24) is 15.0 Å². The predicted octanol–water partition coefficient (Wildman–Crippen LogP) is 14.1. The Morgan fingerprint density at radius 3 is 1.46 bits per heavy atom. The molecule has 0 aliphatic carbocycles. The minimum Gasteiger partial charge on any atom is -0.455 e. The summed E-state index contributed by atoms with van der Waals surface area (Å²) in [6.45, 7) is 0. The van der Waals surface area contributed by atoms with E-state index in [0.29, 0.717) is 17.5 Å². The Hall–Kier alpha value is -7.69. The monoisotopic (exact) mass is 727 g/mol. The minimum atomic E-state index is 0.548. The van der Waals surface area contributed by atoms with E-state index in [1.54, 1.807) is 0 Å². The van der Waals surface area contributed by atoms with Gasteiger partial charge < -0.3 is 4.42 Å². The molecule has 266 valence electrons. The van der Waals surface area contributed by atoms with Crippen molar-refractivity contribution in [3.8, 4) is 67.5 Å². The summed E-state index contributed by atoms with van der Waals surface area (Å²) in [5.74, 6) is 1.75. The summed E-state index contributed by atoms with van der Waals surface area (Å²) >= 11 is 0. The van der Waals surface area contributed by atoms with Crippen molar-refractivity contribution in [2.24, 2.45) is 0 Å². The zero-order valence-corrected chi connectivity index (χ0v) is 30.8. The van der Waals surface area contributed by atoms with Crippen LogP contribution in [-0.2, 0) is 0 Å². The van der Waals surface area contributed by atoms with Gasteiger partial charge in [-0.05, 0) is 73.6 Å². The first kappa shape index (κ1) is 32.7. The molecule has 9 aromatic carbocycles. The number of fused-ring (bicyclic) bond motifs is 6. The summed E-state index contributed by atoms with van der Waals surface area (Å²) in [6.07, 6.45) is 0. The minimum absolute atomic E-state index is 0.548. The van der Waals surface area contributed by atoms with Crippen molar-refractivity contribution in [2.75, 3.05) is 0 Å². The Labute approximate surface area is 329 Å². The van der Waals surface area contributed by atoms with Gasteiger partial charge in [0, 0.05) is 27.5 Å². The molecule has 11 rings (SSSR count). The molecule has 4 heteroatoms. The fourth-order valence-electron chi connectivity index (χ4n) is 8.13. The van der Waals surface area contributed by atoms with Crippen molar-refractivity contribution in [2.45, 2.75) is 0 Å². The molecular weight excluding hydrogens is 695 g/mol. The molecule has 0 saturated heterocycles. The molecular formula is C53H33N3O. The van der Waals surface area contributed by atoms with Crippen molar-refractivity contribution in [1.29, 1.82) is 0 Å². The van der Waals surface area contributed by atoms with Crippen LogP contribution >= 0.6 is 0 Å². The van der Waals surface area contributed by atoms with Crippen molar-refractivity contribution in [3.05, 3.63) is 200 Å². The highest BCUT2D eigenvalue weighted by Gasteiger charge is 2.23. The van der Waals surface area contributed by atoms with Crippen LogP contribution in [0.15, 0.2) is 205 Å². The van der Waals surface area contributed by atoms with Crippen LogP contribution in [0.2, 0.25) is 0 Å². The zero-order chi connectivity index (χ0) is 37.7. The molecule has 2 aromatic heterocycles. The van der Waals surface area contributed by atoms with E-state index < -0.39 is 0 Å². The maximum absolute atomic E-state index is 7.23. The number of rotatable bonds is 6. The average molecular weight is 728 g/mol. The van der Waals surface area contributed by atoms with Crippen LogP contribution in [0.4, 0.5) is 0 Å². The van der Waals surface area contributed by atoms with Crippen molar-refractivity contribution >= 4 is 43.5 Å². The van der Waals surface area contributed by atoms with Gasteiger partial charge in [-0.2, -0.15) is 0 Å². The molecule has 0 aliphatic heterocycles. The second-order valence-corrected chi connectivity index (χ2v) is 14.4. The Kier molecular flexibility index (Phi) is 7.78. The maximum Gasteiger partial charge on any atom is 0.167 e. The Morgan fingerprint density at radius 2 is 0.789 bits per heavy atom. The van der Waals surface area contributed by atoms with E-state index >= 15 is 0 Å². The van der Waals surface area contributed by atoms with Gasteiger partial charge >= 0.3 is 0 Å². The van der Waals surface area contributed by atoms with Gasteiger partial charge in [0.1, 0.15) is 11.2 Å². The van der Waals surface area contributed by atoms with Gasteiger partial charge in [-0.3, -0.25) is 0 Å². The van der Waals surface area contributed by atoms with Crippen molar-refractivity contribution in [3.63, 3.8) is 0 Å². The van der Waals surface area contributed by atoms with Crippen LogP contribution in [-0.4, -0.2) is 15.0 Å². The maximum atomic E-state index is 7.23. The SMILES string of the molecule is c1ccc(-c2cc(-c3ccccc3)c3oc4c(-c5nc(-c6ccccc6)nc(-c6ccccc6)n5)ccc(-c5ccc6ccc7ccccc7c6c5)c4c3c2)cc1. The van der Waals surface area contributed by atoms with E-state index in [9.17, 15) is 0 Å². The molecule has 0 spiro atoms. The van der Waals surface area contributed by atoms with E-state index in [1.807, 2.05) is 60.7 Å². The molecule has 4 nitrogen and oxygen atoms in total. The van der Waals surface area contributed by atoms with E-state index in [2.05, 4.69) is 140 Å². The van der Waals surface area contributed by atoms with Gasteiger partial charge in [-0.15, -0.1) is 0 Å². The second kappa shape index (κ2) is 13.6. The summed E-state index contributed by atoms with van der Waals surface area (Å²) in [5, 5.41) is 6.90. The van der Waals surface area contributed by atoms with E-state index in [0.717, 1.165) is 72.0 Å². The van der Waals surface area contributed by atoms with Crippen LogP contribution < -0.4 is 0 Å². The first-order valence-corrected chi connectivity index (χ1v) is 19.2. The standard InChI is InChI=1S/C53H33N3O/c1-5-15-34(16-6-1)41-32-46(35-17-7-2-8-18-35)49-47(33-41)48-43(40-28-27-37-26-25-36-19-13-14-24-42(36)45(37)31-40)29-30-44(50(48)57-49)53-55-51(38-20-9-3-10-21-38)54-52(56-53)39-22-11-4-12-23-39/h1-33H. The highest BCUT2D eigenvalue weighted by molar-refractivity contribution is 6.20. The lowest BCUT2D eigenvalue weighted by Gasteiger charge is -2.12. The molecule has 11 aromatic rings. The van der Waals surface area contributed by atoms with Gasteiger partial charge in [-0.25, -0.2) is 15.0 Å². The topological polar surface area (TPSA) is 51.8 Å². The van der Waals surface area contributed by atoms with E-state index in [1.165, 1.54) is 21.5 Å². The fraction of sp³-hybridized carbons (Fsp3) is 0. The lowest BCUT2D eigenvalue weighted by Crippen LogP contribution is -2.00. The van der Waals surface area contributed by atoms with Crippen molar-refractivity contribution < 1.29 is 4.42 Å². The summed E-state index contributed by atoms with van der Waals surface area (Å²) in [4.78, 5) is 15.3. The Morgan fingerprint density at radius 1 is 0.281 bits per heavy atom. The summed E-state index contributed by atoms with van der Waals surface area (Å²) in [5.41, 5.74) is 10.7. The number of hydrogen-bond donors (Lipinski definition) is 0. The van der Waals surface area contributed by atoms with Crippen LogP contribution in [0.3, 0.4) is 0 Å². The van der Waals surface area contributed by atoms with E-state index in [-0.39, 0.29) is 0 Å². The third-order valence-corrected chi connectivity index (χ3v) is 10.9. The molecule has 0 unspecified atom stereocenters. The predicted molar refractivity (Wildman–Crippen MR) is 235 cm³/mol. The number of aromatic nitrogens is 3. The normalized spacial score (nSPS) is 11.5. The Bertz CT molecular complexity index is 3210. The number of furan rings is 1. The molecule has 0 N–H and O–H groups in total. The average Bonchev–Trinajstić information content (AvgIpc) is 3.69. The molecule has 0 fully saturated rings. The van der Waals surface area contributed by atoms with Crippen LogP contribution in [0.5, 0.6) is 0 Å². The quantitative estimate of drug-likeness (QED) is 0.160. The molecule has 0 bridgehead atoms. The molecule has 0 aliphatic rings. The fourth-order valence-corrected chi connectivity index (χ4v) is 8.13. The molecule has 57 heavy (non-hydrogen) atoms. The molecule has 2 heterocycles. The van der Waals surface area contributed by atoms with Gasteiger partial charge in [0.25, 0.3) is 0 Å². The molecule has 0 atom stereocenters. The van der Waals surface area contributed by atoms with E-state index in [4.69, 9.17) is 19.4 Å². The second-order valence-electron chi connectivity index (χ2n) is 14.4. The van der Waals surface area contributed by atoms with Gasteiger partial charge in [-0.1, -0.05) is 176 Å². The number of hydrogen-bond acceptors (Lipinski definition) is 4. The molecule has 0 radical (unpaired) electrons. The zero-order valence-electron chi connectivity index (χ0n) is 30.8. The Balaban J connectivity index is 1.25. The first-order valence-electron chi connectivity index (χ1n) is 19.2. The number of nitrogens with zero attached hydrogens (tertiary/aromatic N) is 3. The highest BCUT2D eigenvalue weighted by atomic mass is 16.3. The largest absolute Gasteiger partial charge is 0.455 e. The highest BCUT2D eigenvalue weighted by Crippen LogP contribution is 2.46. The first-order chi connectivity index (χ1) is 28.2. The summed E-state index contributed by atoms with van der Waals surface area (Å²) < 4.78 is 7.23. The summed E-state index contributed by atoms with van der Waals surface area (Å²) in [7, 11) is 0. The lowest BCUT2D eigenvalue weighted by atomic mass is 9.91. The van der Waals surface area contributed by atoms with Crippen LogP contribution in [0.25, 0.3) is 111 Å².